The maximum atomic E-state index is 10.9. The Bertz CT molecular complexity index is 496. The molecule has 0 aliphatic heterocycles. The number of methoxy groups -OCH3 is 1. The Kier molecular flexibility index (Phi) is 3.34. The lowest BCUT2D eigenvalue weighted by Gasteiger charge is -2.07. The highest BCUT2D eigenvalue weighted by Gasteiger charge is 2.07. The number of carbonyl (C=O) groups is 1. The summed E-state index contributed by atoms with van der Waals surface area (Å²) >= 11 is 0. The molecule has 0 bridgehead atoms. The van der Waals surface area contributed by atoms with Gasteiger partial charge in [-0.15, -0.1) is 0 Å². The van der Waals surface area contributed by atoms with Crippen LogP contribution in [0.1, 0.15) is 16.1 Å². The highest BCUT2D eigenvalue weighted by Crippen LogP contribution is 2.20. The van der Waals surface area contributed by atoms with E-state index in [0.717, 1.165) is 0 Å². The van der Waals surface area contributed by atoms with E-state index in [2.05, 4.69) is 9.97 Å². The third-order valence-electron chi connectivity index (χ3n) is 2.07. The smallest absolute Gasteiger partial charge is 0.213 e. The molecule has 0 saturated heterocycles. The average molecular weight is 234 g/mol. The van der Waals surface area contributed by atoms with E-state index in [1.807, 2.05) is 0 Å². The zero-order valence-corrected chi connectivity index (χ0v) is 9.12. The van der Waals surface area contributed by atoms with Crippen molar-refractivity contribution in [3.8, 4) is 11.6 Å². The standard InChI is InChI=1S/C11H10N2O4/c1-15-11-2-8(4-14)10(3-12-11)17-6-9-5-16-7-13-9/h2-5,7H,6H2,1H3. The molecule has 0 aliphatic carbocycles. The zero-order valence-electron chi connectivity index (χ0n) is 9.12. The number of carbonyl (C=O) groups excluding carboxylic acids is 1. The molecule has 0 atom stereocenters. The van der Waals surface area contributed by atoms with Crippen LogP contribution < -0.4 is 9.47 Å². The van der Waals surface area contributed by atoms with Crippen LogP contribution in [0.4, 0.5) is 0 Å². The summed E-state index contributed by atoms with van der Waals surface area (Å²) in [6, 6.07) is 1.51. The normalized spacial score (nSPS) is 9.94. The predicted octanol–water partition coefficient (Wildman–Crippen LogP) is 1.47. The number of rotatable bonds is 5. The summed E-state index contributed by atoms with van der Waals surface area (Å²) < 4.78 is 15.1. The first kappa shape index (κ1) is 11.1. The van der Waals surface area contributed by atoms with Crippen molar-refractivity contribution in [1.29, 1.82) is 0 Å². The van der Waals surface area contributed by atoms with Crippen LogP contribution in [-0.2, 0) is 6.61 Å². The molecule has 2 aromatic rings. The highest BCUT2D eigenvalue weighted by molar-refractivity contribution is 5.79. The molecule has 6 heteroatoms. The van der Waals surface area contributed by atoms with Crippen molar-refractivity contribution in [2.45, 2.75) is 6.61 Å². The van der Waals surface area contributed by atoms with E-state index >= 15 is 0 Å². The Morgan fingerprint density at radius 2 is 2.35 bits per heavy atom. The fourth-order valence-corrected chi connectivity index (χ4v) is 1.22. The largest absolute Gasteiger partial charge is 0.485 e. The SMILES string of the molecule is COc1cc(C=O)c(OCc2cocn2)cn1. The summed E-state index contributed by atoms with van der Waals surface area (Å²) in [7, 11) is 1.48. The van der Waals surface area contributed by atoms with Crippen molar-refractivity contribution in [3.05, 3.63) is 36.2 Å². The van der Waals surface area contributed by atoms with Gasteiger partial charge in [0, 0.05) is 6.07 Å². The number of aldehydes is 1. The zero-order chi connectivity index (χ0) is 12.1. The third-order valence-corrected chi connectivity index (χ3v) is 2.07. The Hall–Kier alpha value is -2.37. The molecule has 17 heavy (non-hydrogen) atoms. The molecule has 0 fully saturated rings. The Labute approximate surface area is 97.2 Å². The molecule has 0 N–H and O–H groups in total. The first-order valence-electron chi connectivity index (χ1n) is 4.82. The van der Waals surface area contributed by atoms with Crippen molar-refractivity contribution < 1.29 is 18.7 Å². The molecule has 6 nitrogen and oxygen atoms in total. The predicted molar refractivity (Wildman–Crippen MR) is 57.0 cm³/mol. The molecule has 2 rings (SSSR count). The van der Waals surface area contributed by atoms with Gasteiger partial charge in [0.25, 0.3) is 0 Å². The molecule has 0 radical (unpaired) electrons. The summed E-state index contributed by atoms with van der Waals surface area (Å²) in [6.07, 6.45) is 4.90. The number of hydrogen-bond donors (Lipinski definition) is 0. The van der Waals surface area contributed by atoms with E-state index in [1.165, 1.54) is 32.0 Å². The van der Waals surface area contributed by atoms with Gasteiger partial charge in [0.2, 0.25) is 5.88 Å². The van der Waals surface area contributed by atoms with Gasteiger partial charge in [0.1, 0.15) is 24.3 Å². The minimum absolute atomic E-state index is 0.214. The molecule has 0 spiro atoms. The van der Waals surface area contributed by atoms with Crippen molar-refractivity contribution in [3.63, 3.8) is 0 Å². The van der Waals surface area contributed by atoms with Gasteiger partial charge >= 0.3 is 0 Å². The fourth-order valence-electron chi connectivity index (χ4n) is 1.22. The van der Waals surface area contributed by atoms with Crippen LogP contribution in [0.3, 0.4) is 0 Å². The van der Waals surface area contributed by atoms with Crippen LogP contribution in [0.25, 0.3) is 0 Å². The summed E-state index contributed by atoms with van der Waals surface area (Å²) in [4.78, 5) is 18.7. The molecule has 2 aromatic heterocycles. The summed E-state index contributed by atoms with van der Waals surface area (Å²) in [6.45, 7) is 0.214. The van der Waals surface area contributed by atoms with E-state index < -0.39 is 0 Å². The second-order valence-corrected chi connectivity index (χ2v) is 3.15. The second kappa shape index (κ2) is 5.11. The van der Waals surface area contributed by atoms with Crippen molar-refractivity contribution in [1.82, 2.24) is 9.97 Å². The van der Waals surface area contributed by atoms with Crippen molar-refractivity contribution in [2.24, 2.45) is 0 Å². The molecule has 2 heterocycles. The van der Waals surface area contributed by atoms with Crippen molar-refractivity contribution in [2.75, 3.05) is 7.11 Å². The van der Waals surface area contributed by atoms with Gasteiger partial charge in [-0.1, -0.05) is 0 Å². The lowest BCUT2D eigenvalue weighted by Crippen LogP contribution is -2.00. The number of ether oxygens (including phenoxy) is 2. The molecular formula is C11H10N2O4. The van der Waals surface area contributed by atoms with Crippen LogP contribution in [0.5, 0.6) is 11.6 Å². The van der Waals surface area contributed by atoms with Crippen molar-refractivity contribution >= 4 is 6.29 Å². The van der Waals surface area contributed by atoms with Gasteiger partial charge in [0.15, 0.2) is 12.7 Å². The van der Waals surface area contributed by atoms with Crippen LogP contribution in [0, 0.1) is 0 Å². The third kappa shape index (κ3) is 2.60. The maximum absolute atomic E-state index is 10.9. The first-order valence-corrected chi connectivity index (χ1v) is 4.82. The van der Waals surface area contributed by atoms with Crippen LogP contribution in [0.2, 0.25) is 0 Å². The Morgan fingerprint density at radius 1 is 1.47 bits per heavy atom. The van der Waals surface area contributed by atoms with E-state index in [4.69, 9.17) is 13.9 Å². The lowest BCUT2D eigenvalue weighted by molar-refractivity contribution is 0.111. The van der Waals surface area contributed by atoms with Gasteiger partial charge in [-0.25, -0.2) is 9.97 Å². The van der Waals surface area contributed by atoms with Gasteiger partial charge in [-0.3, -0.25) is 4.79 Å². The van der Waals surface area contributed by atoms with E-state index in [0.29, 0.717) is 29.2 Å². The number of oxazole rings is 1. The molecule has 0 saturated carbocycles. The number of nitrogens with zero attached hydrogens (tertiary/aromatic N) is 2. The lowest BCUT2D eigenvalue weighted by atomic mass is 10.2. The molecule has 0 aromatic carbocycles. The van der Waals surface area contributed by atoms with Gasteiger partial charge < -0.3 is 13.9 Å². The van der Waals surface area contributed by atoms with E-state index in [9.17, 15) is 4.79 Å². The maximum Gasteiger partial charge on any atom is 0.213 e. The Morgan fingerprint density at radius 3 is 3.00 bits per heavy atom. The minimum Gasteiger partial charge on any atom is -0.485 e. The summed E-state index contributed by atoms with van der Waals surface area (Å²) in [5.41, 5.74) is 1.01. The molecule has 88 valence electrons. The number of aromatic nitrogens is 2. The topological polar surface area (TPSA) is 74.5 Å². The van der Waals surface area contributed by atoms with E-state index in [-0.39, 0.29) is 6.61 Å². The molecule has 0 amide bonds. The quantitative estimate of drug-likeness (QED) is 0.729. The second-order valence-electron chi connectivity index (χ2n) is 3.15. The monoisotopic (exact) mass is 234 g/mol. The summed E-state index contributed by atoms with van der Waals surface area (Å²) in [5, 5.41) is 0. The van der Waals surface area contributed by atoms with Gasteiger partial charge in [0.05, 0.1) is 18.9 Å². The van der Waals surface area contributed by atoms with E-state index in [1.54, 1.807) is 0 Å². The Balaban J connectivity index is 2.12. The van der Waals surface area contributed by atoms with Crippen LogP contribution >= 0.6 is 0 Å². The highest BCUT2D eigenvalue weighted by atomic mass is 16.5. The first-order chi connectivity index (χ1) is 8.33. The fraction of sp³-hybridized carbons (Fsp3) is 0.182. The van der Waals surface area contributed by atoms with Crippen LogP contribution in [0.15, 0.2) is 29.3 Å². The molecule has 0 aliphatic rings. The average Bonchev–Trinajstić information content (AvgIpc) is 2.89. The minimum atomic E-state index is 0.214. The molecule has 0 unspecified atom stereocenters. The number of pyridine rings is 1. The molecular weight excluding hydrogens is 224 g/mol. The van der Waals surface area contributed by atoms with Gasteiger partial charge in [-0.2, -0.15) is 0 Å². The summed E-state index contributed by atoms with van der Waals surface area (Å²) in [5.74, 6) is 0.740. The number of hydrogen-bond acceptors (Lipinski definition) is 6. The van der Waals surface area contributed by atoms with Gasteiger partial charge in [-0.05, 0) is 0 Å². The van der Waals surface area contributed by atoms with Crippen LogP contribution in [-0.4, -0.2) is 23.4 Å².